The summed E-state index contributed by atoms with van der Waals surface area (Å²) < 4.78 is 26.1. The topological polar surface area (TPSA) is 72.3 Å². The molecule has 1 aliphatic rings. The SMILES string of the molecule is Cc1nc(SCC(=O)N(Cc2cccs2)[C@H]2CCS(=O)(=O)C2)n(CC(C)C)c1C. The minimum Gasteiger partial charge on any atom is -0.333 e. The largest absolute Gasteiger partial charge is 0.333 e. The van der Waals surface area contributed by atoms with Gasteiger partial charge >= 0.3 is 0 Å². The summed E-state index contributed by atoms with van der Waals surface area (Å²) in [7, 11) is -3.06. The molecule has 0 unspecified atom stereocenters. The standard InChI is InChI=1S/C20H29N3O3S3/c1-14(2)10-22-16(4)15(3)21-20(22)28-12-19(24)23(11-18-6-5-8-27-18)17-7-9-29(25,26)13-17/h5-6,8,14,17H,7,9-13H2,1-4H3/t17-/m0/s1. The number of aryl methyl sites for hydroxylation is 1. The van der Waals surface area contributed by atoms with Crippen molar-refractivity contribution in [3.05, 3.63) is 33.8 Å². The van der Waals surface area contributed by atoms with Gasteiger partial charge in [0.05, 0.1) is 29.5 Å². The molecule has 0 radical (unpaired) electrons. The highest BCUT2D eigenvalue weighted by atomic mass is 32.2. The molecule has 0 saturated carbocycles. The van der Waals surface area contributed by atoms with Crippen LogP contribution in [-0.2, 0) is 27.7 Å². The number of thioether (sulfide) groups is 1. The van der Waals surface area contributed by atoms with Gasteiger partial charge in [-0.25, -0.2) is 13.4 Å². The molecule has 2 aromatic rings. The van der Waals surface area contributed by atoms with Gasteiger partial charge in [-0.3, -0.25) is 4.79 Å². The van der Waals surface area contributed by atoms with E-state index < -0.39 is 9.84 Å². The zero-order valence-corrected chi connectivity index (χ0v) is 19.9. The third-order valence-electron chi connectivity index (χ3n) is 5.17. The predicted octanol–water partition coefficient (Wildman–Crippen LogP) is 3.53. The number of nitrogens with zero attached hydrogens (tertiary/aromatic N) is 3. The summed E-state index contributed by atoms with van der Waals surface area (Å²) in [5, 5.41) is 2.84. The van der Waals surface area contributed by atoms with Crippen molar-refractivity contribution in [1.82, 2.24) is 14.5 Å². The number of thiophene rings is 1. The van der Waals surface area contributed by atoms with E-state index in [0.717, 1.165) is 28.0 Å². The van der Waals surface area contributed by atoms with E-state index in [1.165, 1.54) is 11.8 Å². The highest BCUT2D eigenvalue weighted by molar-refractivity contribution is 7.99. The van der Waals surface area contributed by atoms with Gasteiger partial charge in [0.2, 0.25) is 5.91 Å². The lowest BCUT2D eigenvalue weighted by atomic mass is 10.2. The van der Waals surface area contributed by atoms with E-state index in [0.29, 0.717) is 18.9 Å². The molecule has 2 aromatic heterocycles. The molecule has 1 aliphatic heterocycles. The molecule has 0 spiro atoms. The molecule has 0 bridgehead atoms. The Morgan fingerprint density at radius 1 is 1.41 bits per heavy atom. The van der Waals surface area contributed by atoms with Crippen LogP contribution in [0.2, 0.25) is 0 Å². The van der Waals surface area contributed by atoms with Crippen LogP contribution in [0.4, 0.5) is 0 Å². The van der Waals surface area contributed by atoms with Gasteiger partial charge in [0.25, 0.3) is 0 Å². The fraction of sp³-hybridized carbons (Fsp3) is 0.600. The van der Waals surface area contributed by atoms with Crippen molar-refractivity contribution in [1.29, 1.82) is 0 Å². The first kappa shape index (κ1) is 22.4. The Morgan fingerprint density at radius 3 is 2.76 bits per heavy atom. The molecule has 0 aromatic carbocycles. The average Bonchev–Trinajstić information content (AvgIpc) is 3.34. The molecule has 6 nitrogen and oxygen atoms in total. The fourth-order valence-corrected chi connectivity index (χ4v) is 6.96. The Labute approximate surface area is 181 Å². The van der Waals surface area contributed by atoms with Gasteiger partial charge in [-0.1, -0.05) is 31.7 Å². The molecule has 1 amide bonds. The Morgan fingerprint density at radius 2 is 2.17 bits per heavy atom. The van der Waals surface area contributed by atoms with Crippen molar-refractivity contribution in [2.75, 3.05) is 17.3 Å². The minimum absolute atomic E-state index is 0.0279. The molecule has 1 atom stereocenters. The summed E-state index contributed by atoms with van der Waals surface area (Å²) in [5.41, 5.74) is 2.11. The van der Waals surface area contributed by atoms with Gasteiger partial charge in [0.1, 0.15) is 0 Å². The third kappa shape index (κ3) is 5.64. The van der Waals surface area contributed by atoms with Crippen molar-refractivity contribution in [3.63, 3.8) is 0 Å². The van der Waals surface area contributed by atoms with E-state index >= 15 is 0 Å². The number of carbonyl (C=O) groups is 1. The number of sulfone groups is 1. The highest BCUT2D eigenvalue weighted by Gasteiger charge is 2.35. The number of hydrogen-bond donors (Lipinski definition) is 0. The van der Waals surface area contributed by atoms with Gasteiger partial charge in [-0.2, -0.15) is 0 Å². The summed E-state index contributed by atoms with van der Waals surface area (Å²) in [6, 6.07) is 3.70. The third-order valence-corrected chi connectivity index (χ3v) is 8.74. The molecule has 29 heavy (non-hydrogen) atoms. The van der Waals surface area contributed by atoms with E-state index in [4.69, 9.17) is 0 Å². The van der Waals surface area contributed by atoms with Crippen LogP contribution in [-0.4, -0.2) is 52.1 Å². The smallest absolute Gasteiger partial charge is 0.233 e. The number of carbonyl (C=O) groups excluding carboxylic acids is 1. The lowest BCUT2D eigenvalue weighted by molar-refractivity contribution is -0.130. The predicted molar refractivity (Wildman–Crippen MR) is 119 cm³/mol. The lowest BCUT2D eigenvalue weighted by Crippen LogP contribution is -2.41. The molecule has 3 rings (SSSR count). The van der Waals surface area contributed by atoms with Crippen LogP contribution in [0.15, 0.2) is 22.7 Å². The van der Waals surface area contributed by atoms with Crippen LogP contribution < -0.4 is 0 Å². The van der Waals surface area contributed by atoms with E-state index in [1.54, 1.807) is 16.2 Å². The Kier molecular flexibility index (Phi) is 7.11. The van der Waals surface area contributed by atoms with Crippen LogP contribution in [0.3, 0.4) is 0 Å². The molecule has 1 saturated heterocycles. The first-order chi connectivity index (χ1) is 13.7. The quantitative estimate of drug-likeness (QED) is 0.570. The zero-order chi connectivity index (χ0) is 21.2. The molecule has 3 heterocycles. The van der Waals surface area contributed by atoms with Crippen molar-refractivity contribution >= 4 is 38.8 Å². The van der Waals surface area contributed by atoms with Gasteiger partial charge in [0.15, 0.2) is 15.0 Å². The second-order valence-electron chi connectivity index (χ2n) is 8.02. The van der Waals surface area contributed by atoms with Crippen LogP contribution in [0, 0.1) is 19.8 Å². The van der Waals surface area contributed by atoms with Gasteiger partial charge in [0, 0.05) is 23.2 Å². The normalized spacial score (nSPS) is 18.4. The number of imidazole rings is 1. The summed E-state index contributed by atoms with van der Waals surface area (Å²) in [6.07, 6.45) is 0.518. The number of amides is 1. The number of rotatable bonds is 8. The fourth-order valence-electron chi connectivity index (χ4n) is 3.54. The van der Waals surface area contributed by atoms with Crippen LogP contribution in [0.1, 0.15) is 36.5 Å². The maximum atomic E-state index is 13.1. The van der Waals surface area contributed by atoms with E-state index in [2.05, 4.69) is 30.3 Å². The Bertz CT molecular complexity index is 949. The summed E-state index contributed by atoms with van der Waals surface area (Å²) in [5.74, 6) is 0.942. The van der Waals surface area contributed by atoms with Crippen molar-refractivity contribution in [2.45, 2.75) is 58.4 Å². The minimum atomic E-state index is -3.06. The van der Waals surface area contributed by atoms with E-state index in [9.17, 15) is 13.2 Å². The number of aromatic nitrogens is 2. The van der Waals surface area contributed by atoms with Crippen molar-refractivity contribution in [2.24, 2.45) is 5.92 Å². The van der Waals surface area contributed by atoms with Gasteiger partial charge in [-0.15, -0.1) is 11.3 Å². The van der Waals surface area contributed by atoms with Crippen LogP contribution >= 0.6 is 23.1 Å². The van der Waals surface area contributed by atoms with Gasteiger partial charge < -0.3 is 9.47 Å². The lowest BCUT2D eigenvalue weighted by Gasteiger charge is -2.28. The second kappa shape index (κ2) is 9.22. The summed E-state index contributed by atoms with van der Waals surface area (Å²) >= 11 is 3.04. The Hall–Kier alpha value is -1.32. The average molecular weight is 456 g/mol. The first-order valence-corrected chi connectivity index (χ1v) is 13.5. The maximum Gasteiger partial charge on any atom is 0.233 e. The number of hydrogen-bond acceptors (Lipinski definition) is 6. The summed E-state index contributed by atoms with van der Waals surface area (Å²) in [6.45, 7) is 9.71. The molecule has 1 fully saturated rings. The molecule has 0 aliphatic carbocycles. The monoisotopic (exact) mass is 455 g/mol. The molecular formula is C20H29N3O3S3. The maximum absolute atomic E-state index is 13.1. The highest BCUT2D eigenvalue weighted by Crippen LogP contribution is 2.26. The van der Waals surface area contributed by atoms with E-state index in [-0.39, 0.29) is 29.2 Å². The second-order valence-corrected chi connectivity index (χ2v) is 12.2. The van der Waals surface area contributed by atoms with Crippen LogP contribution in [0.5, 0.6) is 0 Å². The van der Waals surface area contributed by atoms with Crippen molar-refractivity contribution < 1.29 is 13.2 Å². The molecule has 0 N–H and O–H groups in total. The van der Waals surface area contributed by atoms with Gasteiger partial charge in [-0.05, 0) is 37.6 Å². The molecule has 160 valence electrons. The Balaban J connectivity index is 1.74. The van der Waals surface area contributed by atoms with E-state index in [1.807, 2.05) is 24.4 Å². The first-order valence-electron chi connectivity index (χ1n) is 9.85. The van der Waals surface area contributed by atoms with Crippen molar-refractivity contribution in [3.8, 4) is 0 Å². The summed E-state index contributed by atoms with van der Waals surface area (Å²) in [4.78, 5) is 20.6. The van der Waals surface area contributed by atoms with Crippen LogP contribution in [0.25, 0.3) is 0 Å². The molecule has 9 heteroatoms. The zero-order valence-electron chi connectivity index (χ0n) is 17.4. The molecular weight excluding hydrogens is 426 g/mol.